The number of benzene rings is 2. The van der Waals surface area contributed by atoms with E-state index < -0.39 is 24.4 Å². The van der Waals surface area contributed by atoms with E-state index >= 15 is 0 Å². The van der Waals surface area contributed by atoms with Gasteiger partial charge in [0.15, 0.2) is 6.61 Å². The van der Waals surface area contributed by atoms with Gasteiger partial charge in [0.25, 0.3) is 5.91 Å². The average molecular weight is 476 g/mol. The molecule has 3 rings (SSSR count). The van der Waals surface area contributed by atoms with E-state index in [1.165, 1.54) is 17.0 Å². The molecule has 152 valence electrons. The quantitative estimate of drug-likeness (QED) is 0.628. The largest absolute Gasteiger partial charge is 0.455 e. The predicted octanol–water partition coefficient (Wildman–Crippen LogP) is 4.84. The molecule has 1 saturated heterocycles. The summed E-state index contributed by atoms with van der Waals surface area (Å²) in [4.78, 5) is 38.0. The molecule has 1 fully saturated rings. The fourth-order valence-electron chi connectivity index (χ4n) is 2.83. The highest BCUT2D eigenvalue weighted by molar-refractivity contribution is 6.36. The van der Waals surface area contributed by atoms with E-state index in [9.17, 15) is 14.4 Å². The molecule has 2 amide bonds. The third-order valence-electron chi connectivity index (χ3n) is 4.21. The van der Waals surface area contributed by atoms with E-state index in [1.807, 2.05) is 0 Å². The van der Waals surface area contributed by atoms with Crippen LogP contribution in [0.1, 0.15) is 6.42 Å². The van der Waals surface area contributed by atoms with Crippen LogP contribution in [-0.4, -0.2) is 30.9 Å². The highest BCUT2D eigenvalue weighted by Crippen LogP contribution is 2.33. The van der Waals surface area contributed by atoms with E-state index in [2.05, 4.69) is 5.32 Å². The summed E-state index contributed by atoms with van der Waals surface area (Å²) in [6.45, 7) is -0.441. The minimum Gasteiger partial charge on any atom is -0.455 e. The average Bonchev–Trinajstić information content (AvgIpc) is 3.06. The number of carbonyl (C=O) groups excluding carboxylic acids is 3. The number of esters is 1. The highest BCUT2D eigenvalue weighted by Gasteiger charge is 2.37. The van der Waals surface area contributed by atoms with Crippen molar-refractivity contribution >= 4 is 75.6 Å². The molecule has 0 unspecified atom stereocenters. The Kier molecular flexibility index (Phi) is 6.90. The first-order chi connectivity index (χ1) is 13.7. The number of nitrogens with zero attached hydrogens (tertiary/aromatic N) is 1. The number of anilines is 2. The maximum absolute atomic E-state index is 12.3. The summed E-state index contributed by atoms with van der Waals surface area (Å²) in [5.74, 6) is -2.25. The number of nitrogens with one attached hydrogen (secondary N) is 1. The molecule has 0 bridgehead atoms. The number of hydrogen-bond acceptors (Lipinski definition) is 4. The summed E-state index contributed by atoms with van der Waals surface area (Å²) in [7, 11) is 0. The van der Waals surface area contributed by atoms with Gasteiger partial charge >= 0.3 is 5.97 Å². The minimum atomic E-state index is -0.722. The van der Waals surface area contributed by atoms with Gasteiger partial charge in [-0.05, 0) is 36.4 Å². The molecule has 29 heavy (non-hydrogen) atoms. The highest BCUT2D eigenvalue weighted by atomic mass is 35.5. The van der Waals surface area contributed by atoms with Gasteiger partial charge in [-0.15, -0.1) is 0 Å². The normalized spacial score (nSPS) is 16.1. The maximum Gasteiger partial charge on any atom is 0.311 e. The smallest absolute Gasteiger partial charge is 0.311 e. The fourth-order valence-corrected chi connectivity index (χ4v) is 3.55. The fraction of sp³-hybridized carbons (Fsp3) is 0.211. The van der Waals surface area contributed by atoms with Crippen LogP contribution in [0.25, 0.3) is 0 Å². The predicted molar refractivity (Wildman–Crippen MR) is 113 cm³/mol. The zero-order chi connectivity index (χ0) is 21.1. The topological polar surface area (TPSA) is 75.7 Å². The van der Waals surface area contributed by atoms with Gasteiger partial charge in [-0.2, -0.15) is 0 Å². The van der Waals surface area contributed by atoms with Crippen molar-refractivity contribution in [3.05, 3.63) is 56.5 Å². The van der Waals surface area contributed by atoms with Crippen molar-refractivity contribution in [1.29, 1.82) is 0 Å². The third kappa shape index (κ3) is 5.34. The Morgan fingerprint density at radius 3 is 2.41 bits per heavy atom. The van der Waals surface area contributed by atoms with Crippen LogP contribution in [0, 0.1) is 5.92 Å². The van der Waals surface area contributed by atoms with E-state index in [4.69, 9.17) is 51.1 Å². The van der Waals surface area contributed by atoms with Crippen LogP contribution in [0.3, 0.4) is 0 Å². The number of halogens is 4. The second-order valence-corrected chi connectivity index (χ2v) is 7.97. The standard InChI is InChI=1S/C19H14Cl4N2O4/c20-11-1-3-13(22)15(6-11)24-17(26)9-29-19(28)10-5-18(27)25(8-10)16-7-12(21)2-4-14(16)23/h1-4,6-7,10H,5,8-9H2,(H,24,26)/t10-/m1/s1. The Morgan fingerprint density at radius 2 is 1.69 bits per heavy atom. The van der Waals surface area contributed by atoms with Crippen LogP contribution >= 0.6 is 46.4 Å². The van der Waals surface area contributed by atoms with Crippen molar-refractivity contribution < 1.29 is 19.1 Å². The summed E-state index contributed by atoms with van der Waals surface area (Å²) in [5.41, 5.74) is 0.728. The van der Waals surface area contributed by atoms with Crippen molar-refractivity contribution in [2.75, 3.05) is 23.4 Å². The Labute approximate surface area is 186 Å². The van der Waals surface area contributed by atoms with Crippen LogP contribution in [0.4, 0.5) is 11.4 Å². The molecule has 0 spiro atoms. The molecule has 0 saturated carbocycles. The van der Waals surface area contributed by atoms with E-state index in [0.717, 1.165) is 0 Å². The third-order valence-corrected chi connectivity index (χ3v) is 5.32. The van der Waals surface area contributed by atoms with E-state index in [0.29, 0.717) is 31.5 Å². The molecule has 0 aromatic heterocycles. The second kappa shape index (κ2) is 9.22. The zero-order valence-corrected chi connectivity index (χ0v) is 17.8. The van der Waals surface area contributed by atoms with Crippen LogP contribution in [0.2, 0.25) is 20.1 Å². The van der Waals surface area contributed by atoms with Gasteiger partial charge < -0.3 is 15.0 Å². The number of carbonyl (C=O) groups is 3. The molecule has 1 N–H and O–H groups in total. The molecule has 6 nitrogen and oxygen atoms in total. The Bertz CT molecular complexity index is 983. The Morgan fingerprint density at radius 1 is 1.03 bits per heavy atom. The molecule has 2 aromatic carbocycles. The van der Waals surface area contributed by atoms with Crippen LogP contribution < -0.4 is 10.2 Å². The van der Waals surface area contributed by atoms with E-state index in [-0.39, 0.29) is 18.9 Å². The van der Waals surface area contributed by atoms with Crippen molar-refractivity contribution in [2.24, 2.45) is 5.92 Å². The van der Waals surface area contributed by atoms with Crippen molar-refractivity contribution in [2.45, 2.75) is 6.42 Å². The lowest BCUT2D eigenvalue weighted by Gasteiger charge is -2.18. The monoisotopic (exact) mass is 474 g/mol. The lowest BCUT2D eigenvalue weighted by molar-refractivity contribution is -0.151. The van der Waals surface area contributed by atoms with Gasteiger partial charge in [-0.3, -0.25) is 14.4 Å². The Hall–Kier alpha value is -1.99. The van der Waals surface area contributed by atoms with Crippen LogP contribution in [0.15, 0.2) is 36.4 Å². The number of ether oxygens (including phenoxy) is 1. The molecular formula is C19H14Cl4N2O4. The van der Waals surface area contributed by atoms with Gasteiger partial charge in [-0.1, -0.05) is 46.4 Å². The summed E-state index contributed by atoms with van der Waals surface area (Å²) in [5, 5.41) is 3.96. The van der Waals surface area contributed by atoms with Crippen LogP contribution in [0.5, 0.6) is 0 Å². The van der Waals surface area contributed by atoms with Crippen molar-refractivity contribution in [3.63, 3.8) is 0 Å². The molecule has 1 atom stereocenters. The number of rotatable bonds is 5. The van der Waals surface area contributed by atoms with E-state index in [1.54, 1.807) is 24.3 Å². The summed E-state index contributed by atoms with van der Waals surface area (Å²) >= 11 is 23.9. The molecular weight excluding hydrogens is 462 g/mol. The zero-order valence-electron chi connectivity index (χ0n) is 14.8. The van der Waals surface area contributed by atoms with Gasteiger partial charge in [0, 0.05) is 23.0 Å². The summed E-state index contributed by atoms with van der Waals surface area (Å²) in [6.07, 6.45) is -0.0522. The molecule has 2 aromatic rings. The molecule has 10 heteroatoms. The SMILES string of the molecule is O=C(COC(=O)[C@@H]1CC(=O)N(c2cc(Cl)ccc2Cl)C1)Nc1cc(Cl)ccc1Cl. The van der Waals surface area contributed by atoms with Crippen molar-refractivity contribution in [3.8, 4) is 0 Å². The molecule has 1 aliphatic heterocycles. The van der Waals surface area contributed by atoms with Gasteiger partial charge in [0.1, 0.15) is 0 Å². The maximum atomic E-state index is 12.3. The molecule has 1 heterocycles. The summed E-state index contributed by atoms with van der Waals surface area (Å²) in [6, 6.07) is 9.32. The first-order valence-corrected chi connectivity index (χ1v) is 9.92. The molecule has 1 aliphatic rings. The summed E-state index contributed by atoms with van der Waals surface area (Å²) < 4.78 is 5.05. The second-order valence-electron chi connectivity index (χ2n) is 6.28. The molecule has 0 aliphatic carbocycles. The number of amides is 2. The lowest BCUT2D eigenvalue weighted by Crippen LogP contribution is -2.28. The minimum absolute atomic E-state index is 0.0522. The number of hydrogen-bond donors (Lipinski definition) is 1. The van der Waals surface area contributed by atoms with Gasteiger partial charge in [0.2, 0.25) is 5.91 Å². The first kappa shape index (κ1) is 21.7. The first-order valence-electron chi connectivity index (χ1n) is 8.41. The van der Waals surface area contributed by atoms with Crippen molar-refractivity contribution in [1.82, 2.24) is 0 Å². The molecule has 0 radical (unpaired) electrons. The van der Waals surface area contributed by atoms with Gasteiger partial charge in [-0.25, -0.2) is 0 Å². The Balaban J connectivity index is 1.57. The lowest BCUT2D eigenvalue weighted by atomic mass is 10.1. The van der Waals surface area contributed by atoms with Crippen LogP contribution in [-0.2, 0) is 19.1 Å². The van der Waals surface area contributed by atoms with Gasteiger partial charge in [0.05, 0.1) is 27.3 Å².